The van der Waals surface area contributed by atoms with Crippen LogP contribution < -0.4 is 5.32 Å². The molecule has 3 rings (SSSR count). The Kier molecular flexibility index (Phi) is 7.56. The molecule has 0 aliphatic carbocycles. The summed E-state index contributed by atoms with van der Waals surface area (Å²) in [4.78, 5) is 14.3. The third-order valence-electron chi connectivity index (χ3n) is 5.52. The first-order valence-electron chi connectivity index (χ1n) is 10.3. The summed E-state index contributed by atoms with van der Waals surface area (Å²) in [6.07, 6.45) is 1.75. The van der Waals surface area contributed by atoms with Crippen LogP contribution in [-0.4, -0.2) is 55.6 Å². The summed E-state index contributed by atoms with van der Waals surface area (Å²) in [6, 6.07) is 11.0. The smallest absolute Gasteiger partial charge is 0.321 e. The van der Waals surface area contributed by atoms with E-state index in [0.717, 1.165) is 5.56 Å². The third kappa shape index (κ3) is 5.75. The van der Waals surface area contributed by atoms with Crippen LogP contribution in [-0.2, 0) is 10.0 Å². The van der Waals surface area contributed by atoms with Crippen molar-refractivity contribution >= 4 is 33.3 Å². The normalized spacial score (nSPS) is 15.6. The number of benzene rings is 2. The Bertz CT molecular complexity index is 1040. The van der Waals surface area contributed by atoms with E-state index in [4.69, 9.17) is 11.6 Å². The minimum absolute atomic E-state index is 0.0570. The molecule has 9 heteroatoms. The van der Waals surface area contributed by atoms with E-state index < -0.39 is 10.0 Å². The molecule has 1 saturated heterocycles. The van der Waals surface area contributed by atoms with Crippen LogP contribution >= 0.6 is 11.6 Å². The molecular formula is C22H27ClFN3O3S. The number of nitrogens with zero attached hydrogens (tertiary/aromatic N) is 2. The van der Waals surface area contributed by atoms with E-state index in [1.54, 1.807) is 42.3 Å². The largest absolute Gasteiger partial charge is 0.325 e. The molecule has 168 valence electrons. The lowest BCUT2D eigenvalue weighted by Gasteiger charge is -2.36. The molecule has 2 amide bonds. The number of hydrogen-bond donors (Lipinski definition) is 1. The van der Waals surface area contributed by atoms with Gasteiger partial charge in [-0.05, 0) is 54.7 Å². The highest BCUT2D eigenvalue weighted by Crippen LogP contribution is 2.29. The van der Waals surface area contributed by atoms with Crippen molar-refractivity contribution in [2.45, 2.75) is 32.2 Å². The van der Waals surface area contributed by atoms with Gasteiger partial charge in [-0.3, -0.25) is 0 Å². The van der Waals surface area contributed by atoms with Crippen LogP contribution in [0.15, 0.2) is 42.5 Å². The van der Waals surface area contributed by atoms with Crippen molar-refractivity contribution in [1.82, 2.24) is 9.21 Å². The van der Waals surface area contributed by atoms with Crippen molar-refractivity contribution < 1.29 is 17.6 Å². The van der Waals surface area contributed by atoms with Gasteiger partial charge in [0.15, 0.2) is 0 Å². The van der Waals surface area contributed by atoms with Gasteiger partial charge in [0.05, 0.1) is 16.5 Å². The number of anilines is 1. The Labute approximate surface area is 188 Å². The van der Waals surface area contributed by atoms with Crippen molar-refractivity contribution in [3.8, 4) is 11.1 Å². The van der Waals surface area contributed by atoms with Gasteiger partial charge < -0.3 is 10.2 Å². The first kappa shape index (κ1) is 23.5. The van der Waals surface area contributed by atoms with Crippen molar-refractivity contribution in [2.75, 3.05) is 31.2 Å². The first-order valence-corrected chi connectivity index (χ1v) is 12.3. The Hall–Kier alpha value is -2.16. The number of urea groups is 1. The molecule has 0 saturated carbocycles. The zero-order valence-corrected chi connectivity index (χ0v) is 19.2. The molecule has 0 aromatic heterocycles. The molecule has 0 atom stereocenters. The molecule has 1 fully saturated rings. The van der Waals surface area contributed by atoms with E-state index in [0.29, 0.717) is 48.6 Å². The summed E-state index contributed by atoms with van der Waals surface area (Å²) >= 11 is 6.35. The third-order valence-corrected chi connectivity index (χ3v) is 7.90. The standard InChI is InChI=1S/C22H27ClFN3O3S/c1-3-13-31(29,30)27-11-9-19(10-12-27)26(2)22(28)25-21-8-7-17(15-20(21)23)16-5-4-6-18(24)14-16/h4-8,14-15,19H,3,9-13H2,1-2H3,(H,25,28). The fourth-order valence-electron chi connectivity index (χ4n) is 3.73. The highest BCUT2D eigenvalue weighted by atomic mass is 35.5. The first-order chi connectivity index (χ1) is 14.7. The minimum Gasteiger partial charge on any atom is -0.325 e. The van der Waals surface area contributed by atoms with Crippen molar-refractivity contribution in [3.05, 3.63) is 53.3 Å². The van der Waals surface area contributed by atoms with Gasteiger partial charge in [-0.25, -0.2) is 21.9 Å². The predicted octanol–water partition coefficient (Wildman–Crippen LogP) is 4.81. The van der Waals surface area contributed by atoms with Gasteiger partial charge >= 0.3 is 6.03 Å². The molecule has 1 aliphatic heterocycles. The van der Waals surface area contributed by atoms with E-state index in [1.165, 1.54) is 16.4 Å². The van der Waals surface area contributed by atoms with Gasteiger partial charge in [-0.15, -0.1) is 0 Å². The SMILES string of the molecule is CCCS(=O)(=O)N1CCC(N(C)C(=O)Nc2ccc(-c3cccc(F)c3)cc2Cl)CC1. The number of rotatable bonds is 6. The maximum Gasteiger partial charge on any atom is 0.321 e. The molecule has 0 spiro atoms. The van der Waals surface area contributed by atoms with Gasteiger partial charge in [0.1, 0.15) is 5.82 Å². The second-order valence-electron chi connectivity index (χ2n) is 7.69. The van der Waals surface area contributed by atoms with Crippen LogP contribution in [0.1, 0.15) is 26.2 Å². The maximum absolute atomic E-state index is 13.5. The number of halogens is 2. The summed E-state index contributed by atoms with van der Waals surface area (Å²) in [7, 11) is -1.51. The minimum atomic E-state index is -3.21. The Balaban J connectivity index is 1.61. The molecule has 0 unspecified atom stereocenters. The van der Waals surface area contributed by atoms with E-state index in [-0.39, 0.29) is 23.6 Å². The van der Waals surface area contributed by atoms with E-state index in [9.17, 15) is 17.6 Å². The lowest BCUT2D eigenvalue weighted by atomic mass is 10.1. The lowest BCUT2D eigenvalue weighted by Crippen LogP contribution is -2.48. The van der Waals surface area contributed by atoms with Gasteiger partial charge in [0, 0.05) is 26.2 Å². The zero-order valence-electron chi connectivity index (χ0n) is 17.6. The summed E-state index contributed by atoms with van der Waals surface area (Å²) < 4.78 is 39.4. The molecule has 1 aliphatic rings. The monoisotopic (exact) mass is 467 g/mol. The topological polar surface area (TPSA) is 69.7 Å². The summed E-state index contributed by atoms with van der Waals surface area (Å²) in [5.74, 6) is -0.181. The fraction of sp³-hybridized carbons (Fsp3) is 0.409. The number of carbonyl (C=O) groups is 1. The number of hydrogen-bond acceptors (Lipinski definition) is 3. The molecule has 1 heterocycles. The van der Waals surface area contributed by atoms with Crippen LogP contribution in [0.5, 0.6) is 0 Å². The number of carbonyl (C=O) groups excluding carboxylic acids is 1. The van der Waals surface area contributed by atoms with Crippen LogP contribution in [0.2, 0.25) is 5.02 Å². The van der Waals surface area contributed by atoms with Crippen LogP contribution in [0.3, 0.4) is 0 Å². The van der Waals surface area contributed by atoms with Crippen molar-refractivity contribution in [2.24, 2.45) is 0 Å². The molecule has 2 aromatic rings. The Morgan fingerprint density at radius 1 is 1.19 bits per heavy atom. The molecule has 6 nitrogen and oxygen atoms in total. The summed E-state index contributed by atoms with van der Waals surface area (Å²) in [5, 5.41) is 3.16. The number of piperidine rings is 1. The predicted molar refractivity (Wildman–Crippen MR) is 122 cm³/mol. The van der Waals surface area contributed by atoms with Crippen molar-refractivity contribution in [3.63, 3.8) is 0 Å². The second kappa shape index (κ2) is 9.97. The maximum atomic E-state index is 13.5. The van der Waals surface area contributed by atoms with E-state index in [2.05, 4.69) is 5.32 Å². The molecule has 0 radical (unpaired) electrons. The molecule has 0 bridgehead atoms. The van der Waals surface area contributed by atoms with Crippen LogP contribution in [0.25, 0.3) is 11.1 Å². The molecule has 2 aromatic carbocycles. The average Bonchev–Trinajstić information content (AvgIpc) is 2.74. The van der Waals surface area contributed by atoms with Crippen LogP contribution in [0.4, 0.5) is 14.9 Å². The van der Waals surface area contributed by atoms with Crippen molar-refractivity contribution in [1.29, 1.82) is 0 Å². The van der Waals surface area contributed by atoms with E-state index >= 15 is 0 Å². The highest BCUT2D eigenvalue weighted by molar-refractivity contribution is 7.89. The highest BCUT2D eigenvalue weighted by Gasteiger charge is 2.30. The summed E-state index contributed by atoms with van der Waals surface area (Å²) in [5.41, 5.74) is 1.90. The van der Waals surface area contributed by atoms with E-state index in [1.807, 2.05) is 6.92 Å². The summed E-state index contributed by atoms with van der Waals surface area (Å²) in [6.45, 7) is 2.67. The van der Waals surface area contributed by atoms with Gasteiger partial charge in [-0.1, -0.05) is 36.7 Å². The molecule has 31 heavy (non-hydrogen) atoms. The van der Waals surface area contributed by atoms with Gasteiger partial charge in [0.25, 0.3) is 0 Å². The Morgan fingerprint density at radius 2 is 1.87 bits per heavy atom. The lowest BCUT2D eigenvalue weighted by molar-refractivity contribution is 0.174. The number of sulfonamides is 1. The fourth-order valence-corrected chi connectivity index (χ4v) is 5.50. The quantitative estimate of drug-likeness (QED) is 0.662. The number of amides is 2. The Morgan fingerprint density at radius 3 is 2.48 bits per heavy atom. The van der Waals surface area contributed by atoms with Gasteiger partial charge in [0.2, 0.25) is 10.0 Å². The second-order valence-corrected chi connectivity index (χ2v) is 10.2. The molecular weight excluding hydrogens is 441 g/mol. The van der Waals surface area contributed by atoms with Crippen LogP contribution in [0, 0.1) is 5.82 Å². The number of nitrogens with one attached hydrogen (secondary N) is 1. The zero-order chi connectivity index (χ0) is 22.6. The molecule has 1 N–H and O–H groups in total. The average molecular weight is 468 g/mol. The van der Waals surface area contributed by atoms with Gasteiger partial charge in [-0.2, -0.15) is 0 Å².